The molecular weight excluding hydrogens is 258 g/mol. The highest BCUT2D eigenvalue weighted by molar-refractivity contribution is 7.89. The molecule has 1 aromatic carbocycles. The third kappa shape index (κ3) is 3.69. The second-order valence-corrected chi connectivity index (χ2v) is 6.14. The van der Waals surface area contributed by atoms with E-state index in [-0.39, 0.29) is 11.9 Å². The lowest BCUT2D eigenvalue weighted by Gasteiger charge is -2.15. The topological polar surface area (TPSA) is 46.2 Å². The molecule has 17 heavy (non-hydrogen) atoms. The monoisotopic (exact) mass is 275 g/mol. The van der Waals surface area contributed by atoms with Gasteiger partial charge in [0.05, 0.1) is 4.90 Å². The maximum Gasteiger partial charge on any atom is 0.241 e. The van der Waals surface area contributed by atoms with Crippen LogP contribution < -0.4 is 4.72 Å². The molecule has 0 heterocycles. The molecule has 0 aliphatic rings. The minimum absolute atomic E-state index is 0.220. The van der Waals surface area contributed by atoms with Crippen molar-refractivity contribution in [3.63, 3.8) is 0 Å². The predicted octanol–water partition coefficient (Wildman–Crippen LogP) is 2.60. The van der Waals surface area contributed by atoms with Gasteiger partial charge in [-0.05, 0) is 31.9 Å². The summed E-state index contributed by atoms with van der Waals surface area (Å²) in [6, 6.07) is 5.07. The van der Waals surface area contributed by atoms with Crippen molar-refractivity contribution < 1.29 is 8.42 Å². The quantitative estimate of drug-likeness (QED) is 0.840. The molecule has 0 bridgehead atoms. The minimum atomic E-state index is -3.47. The molecule has 1 aromatic rings. The average molecular weight is 276 g/mol. The highest BCUT2D eigenvalue weighted by Gasteiger charge is 2.20. The lowest BCUT2D eigenvalue weighted by atomic mass is 10.2. The lowest BCUT2D eigenvalue weighted by Crippen LogP contribution is -2.35. The molecule has 1 unspecified atom stereocenters. The highest BCUT2D eigenvalue weighted by atomic mass is 35.5. The van der Waals surface area contributed by atoms with E-state index in [1.54, 1.807) is 19.1 Å². The molecule has 0 spiro atoms. The smallest absolute Gasteiger partial charge is 0.207 e. The summed E-state index contributed by atoms with van der Waals surface area (Å²) in [5.41, 5.74) is 1.80. The van der Waals surface area contributed by atoms with Gasteiger partial charge >= 0.3 is 0 Å². The van der Waals surface area contributed by atoms with Gasteiger partial charge in [-0.15, -0.1) is 11.6 Å². The molecular formula is C12H18ClNO2S. The van der Waals surface area contributed by atoms with Crippen LogP contribution >= 0.6 is 11.6 Å². The number of aryl methyl sites for hydroxylation is 2. The number of benzene rings is 1. The molecule has 0 aromatic heterocycles. The molecule has 1 atom stereocenters. The summed E-state index contributed by atoms with van der Waals surface area (Å²) in [6.07, 6.45) is 0.674. The number of alkyl halides is 1. The van der Waals surface area contributed by atoms with Crippen molar-refractivity contribution in [1.82, 2.24) is 4.72 Å². The van der Waals surface area contributed by atoms with E-state index in [1.165, 1.54) is 0 Å². The van der Waals surface area contributed by atoms with E-state index in [9.17, 15) is 8.42 Å². The number of hydrogen-bond acceptors (Lipinski definition) is 2. The number of nitrogens with one attached hydrogen (secondary N) is 1. The van der Waals surface area contributed by atoms with Crippen molar-refractivity contribution in [2.45, 2.75) is 38.1 Å². The second-order valence-electron chi connectivity index (χ2n) is 4.15. The Morgan fingerprint density at radius 1 is 1.35 bits per heavy atom. The van der Waals surface area contributed by atoms with E-state index in [0.29, 0.717) is 11.3 Å². The Kier molecular flexibility index (Phi) is 4.98. The molecule has 1 rings (SSSR count). The van der Waals surface area contributed by atoms with Gasteiger partial charge in [-0.2, -0.15) is 0 Å². The van der Waals surface area contributed by atoms with E-state index in [4.69, 9.17) is 11.6 Å². The van der Waals surface area contributed by atoms with Gasteiger partial charge < -0.3 is 0 Å². The van der Waals surface area contributed by atoms with Gasteiger partial charge in [-0.3, -0.25) is 0 Å². The maximum absolute atomic E-state index is 12.1. The summed E-state index contributed by atoms with van der Waals surface area (Å²) in [5.74, 6) is 0.278. The first-order chi connectivity index (χ1) is 7.90. The Bertz CT molecular complexity index is 481. The Labute approximate surface area is 108 Å². The van der Waals surface area contributed by atoms with Crippen molar-refractivity contribution in [3.8, 4) is 0 Å². The van der Waals surface area contributed by atoms with Crippen LogP contribution in [0.25, 0.3) is 0 Å². The molecule has 0 aliphatic carbocycles. The van der Waals surface area contributed by atoms with E-state index in [1.807, 2.05) is 19.9 Å². The van der Waals surface area contributed by atoms with Gasteiger partial charge in [-0.1, -0.05) is 24.6 Å². The van der Waals surface area contributed by atoms with Crippen LogP contribution in [0.1, 0.15) is 24.5 Å². The third-order valence-corrected chi connectivity index (χ3v) is 4.67. The Morgan fingerprint density at radius 2 is 2.00 bits per heavy atom. The number of halogens is 1. The zero-order chi connectivity index (χ0) is 13.1. The Hall–Kier alpha value is -0.580. The summed E-state index contributed by atoms with van der Waals surface area (Å²) in [7, 11) is -3.47. The fourth-order valence-electron chi connectivity index (χ4n) is 1.61. The van der Waals surface area contributed by atoms with Crippen LogP contribution in [-0.2, 0) is 10.0 Å². The van der Waals surface area contributed by atoms with Crippen LogP contribution in [0, 0.1) is 13.8 Å². The van der Waals surface area contributed by atoms with Crippen LogP contribution in [0.5, 0.6) is 0 Å². The lowest BCUT2D eigenvalue weighted by molar-refractivity contribution is 0.557. The van der Waals surface area contributed by atoms with Crippen molar-refractivity contribution >= 4 is 21.6 Å². The molecule has 1 N–H and O–H groups in total. The number of rotatable bonds is 5. The maximum atomic E-state index is 12.1. The van der Waals surface area contributed by atoms with E-state index in [2.05, 4.69) is 4.72 Å². The van der Waals surface area contributed by atoms with E-state index < -0.39 is 10.0 Å². The number of sulfonamides is 1. The summed E-state index contributed by atoms with van der Waals surface area (Å²) in [4.78, 5) is 0.326. The SMILES string of the molecule is CCC(CCl)NS(=O)(=O)c1ccc(C)cc1C. The van der Waals surface area contributed by atoms with Crippen molar-refractivity contribution in [1.29, 1.82) is 0 Å². The van der Waals surface area contributed by atoms with Gasteiger partial charge in [0, 0.05) is 11.9 Å². The molecule has 0 amide bonds. The summed E-state index contributed by atoms with van der Waals surface area (Å²) in [6.45, 7) is 5.63. The standard InChI is InChI=1S/C12H18ClNO2S/c1-4-11(8-13)14-17(15,16)12-6-5-9(2)7-10(12)3/h5-7,11,14H,4,8H2,1-3H3. The zero-order valence-electron chi connectivity index (χ0n) is 10.3. The third-order valence-electron chi connectivity index (χ3n) is 2.62. The van der Waals surface area contributed by atoms with E-state index in [0.717, 1.165) is 11.1 Å². The second kappa shape index (κ2) is 5.85. The van der Waals surface area contributed by atoms with Crippen molar-refractivity contribution in [3.05, 3.63) is 29.3 Å². The Balaban J connectivity index is 3.05. The predicted molar refractivity (Wildman–Crippen MR) is 71.0 cm³/mol. The van der Waals surface area contributed by atoms with Gasteiger partial charge in [0.25, 0.3) is 0 Å². The van der Waals surface area contributed by atoms with Crippen LogP contribution in [0.3, 0.4) is 0 Å². The largest absolute Gasteiger partial charge is 0.241 e. The average Bonchev–Trinajstić information content (AvgIpc) is 2.25. The summed E-state index contributed by atoms with van der Waals surface area (Å²) in [5, 5.41) is 0. The molecule has 0 fully saturated rings. The normalized spacial score (nSPS) is 13.6. The van der Waals surface area contributed by atoms with Crippen molar-refractivity contribution in [2.75, 3.05) is 5.88 Å². The van der Waals surface area contributed by atoms with Gasteiger partial charge in [0.2, 0.25) is 10.0 Å². The zero-order valence-corrected chi connectivity index (χ0v) is 11.9. The molecule has 0 saturated carbocycles. The molecule has 0 radical (unpaired) electrons. The molecule has 5 heteroatoms. The molecule has 3 nitrogen and oxygen atoms in total. The van der Waals surface area contributed by atoms with Crippen LogP contribution in [0.2, 0.25) is 0 Å². The molecule has 96 valence electrons. The first-order valence-electron chi connectivity index (χ1n) is 5.56. The summed E-state index contributed by atoms with van der Waals surface area (Å²) >= 11 is 5.70. The summed E-state index contributed by atoms with van der Waals surface area (Å²) < 4.78 is 26.9. The minimum Gasteiger partial charge on any atom is -0.207 e. The van der Waals surface area contributed by atoms with Crippen LogP contribution in [-0.4, -0.2) is 20.3 Å². The van der Waals surface area contributed by atoms with Crippen LogP contribution in [0.15, 0.2) is 23.1 Å². The van der Waals surface area contributed by atoms with E-state index >= 15 is 0 Å². The highest BCUT2D eigenvalue weighted by Crippen LogP contribution is 2.17. The Morgan fingerprint density at radius 3 is 2.47 bits per heavy atom. The fourth-order valence-corrected chi connectivity index (χ4v) is 3.54. The van der Waals surface area contributed by atoms with Crippen LogP contribution in [0.4, 0.5) is 0 Å². The number of hydrogen-bond donors (Lipinski definition) is 1. The molecule has 0 aliphatic heterocycles. The molecule has 0 saturated heterocycles. The van der Waals surface area contributed by atoms with Gasteiger partial charge in [0.1, 0.15) is 0 Å². The van der Waals surface area contributed by atoms with Gasteiger partial charge in [0.15, 0.2) is 0 Å². The first-order valence-corrected chi connectivity index (χ1v) is 7.58. The van der Waals surface area contributed by atoms with Gasteiger partial charge in [-0.25, -0.2) is 13.1 Å². The fraction of sp³-hybridized carbons (Fsp3) is 0.500. The van der Waals surface area contributed by atoms with Crippen molar-refractivity contribution in [2.24, 2.45) is 0 Å². The first kappa shape index (κ1) is 14.5.